The van der Waals surface area contributed by atoms with E-state index in [4.69, 9.17) is 0 Å². The zero-order chi connectivity index (χ0) is 9.90. The van der Waals surface area contributed by atoms with E-state index < -0.39 is 6.29 Å². The van der Waals surface area contributed by atoms with Crippen LogP contribution < -0.4 is 0 Å². The SMILES string of the molecule is C=C/C(C)=C\C=C1/COC(F)(F)O1. The van der Waals surface area contributed by atoms with E-state index in [0.717, 1.165) is 5.57 Å². The molecule has 0 N–H and O–H groups in total. The van der Waals surface area contributed by atoms with Gasteiger partial charge in [0.15, 0.2) is 0 Å². The van der Waals surface area contributed by atoms with Gasteiger partial charge in [0.25, 0.3) is 0 Å². The molecule has 0 aromatic carbocycles. The Labute approximate surface area is 75.1 Å². The molecule has 0 bridgehead atoms. The van der Waals surface area contributed by atoms with Crippen LogP contribution in [0, 0.1) is 0 Å². The third-order valence-corrected chi connectivity index (χ3v) is 1.49. The summed E-state index contributed by atoms with van der Waals surface area (Å²) in [5.74, 6) is 0.117. The normalized spacial score (nSPS) is 24.5. The maximum Gasteiger partial charge on any atom is 0.535 e. The molecule has 1 aliphatic rings. The lowest BCUT2D eigenvalue weighted by Crippen LogP contribution is -2.14. The van der Waals surface area contributed by atoms with Gasteiger partial charge in [-0.1, -0.05) is 24.3 Å². The molecule has 1 rings (SSSR count). The summed E-state index contributed by atoms with van der Waals surface area (Å²) >= 11 is 0. The number of halogens is 2. The first-order valence-corrected chi connectivity index (χ1v) is 3.74. The van der Waals surface area contributed by atoms with Crippen LogP contribution >= 0.6 is 0 Å². The number of alkyl halides is 2. The zero-order valence-corrected chi connectivity index (χ0v) is 7.22. The molecule has 1 heterocycles. The molecule has 0 aromatic rings. The fourth-order valence-electron chi connectivity index (χ4n) is 0.741. The molecule has 0 radical (unpaired) electrons. The molecule has 2 nitrogen and oxygen atoms in total. The summed E-state index contributed by atoms with van der Waals surface area (Å²) in [7, 11) is 0. The molecule has 0 unspecified atom stereocenters. The number of allylic oxidation sites excluding steroid dienone is 4. The predicted molar refractivity (Wildman–Crippen MR) is 44.0 cm³/mol. The van der Waals surface area contributed by atoms with Gasteiger partial charge >= 0.3 is 6.29 Å². The van der Waals surface area contributed by atoms with Crippen LogP contribution in [-0.2, 0) is 9.47 Å². The Balaban J connectivity index is 2.61. The smallest absolute Gasteiger partial charge is 0.411 e. The molecule has 0 amide bonds. The summed E-state index contributed by atoms with van der Waals surface area (Å²) in [5, 5.41) is 0. The fourth-order valence-corrected chi connectivity index (χ4v) is 0.741. The van der Waals surface area contributed by atoms with Crippen LogP contribution in [-0.4, -0.2) is 12.9 Å². The van der Waals surface area contributed by atoms with Crippen molar-refractivity contribution in [3.05, 3.63) is 36.1 Å². The summed E-state index contributed by atoms with van der Waals surface area (Å²) in [6.45, 7) is 5.12. The first kappa shape index (κ1) is 9.92. The van der Waals surface area contributed by atoms with Gasteiger partial charge in [0.2, 0.25) is 0 Å². The van der Waals surface area contributed by atoms with E-state index in [1.807, 2.05) is 0 Å². The molecule has 0 saturated carbocycles. The minimum absolute atomic E-state index is 0.117. The van der Waals surface area contributed by atoms with Crippen molar-refractivity contribution >= 4 is 0 Å². The van der Waals surface area contributed by atoms with Crippen LogP contribution in [0.25, 0.3) is 0 Å². The van der Waals surface area contributed by atoms with Gasteiger partial charge in [-0.15, -0.1) is 8.78 Å². The number of ether oxygens (including phenoxy) is 2. The Morgan fingerprint density at radius 3 is 2.77 bits per heavy atom. The average molecular weight is 188 g/mol. The summed E-state index contributed by atoms with van der Waals surface area (Å²) in [5.41, 5.74) is 0.867. The fraction of sp³-hybridized carbons (Fsp3) is 0.333. The Hall–Kier alpha value is -1.16. The van der Waals surface area contributed by atoms with Crippen molar-refractivity contribution in [2.24, 2.45) is 0 Å². The first-order valence-electron chi connectivity index (χ1n) is 3.74. The molecule has 72 valence electrons. The van der Waals surface area contributed by atoms with Crippen LogP contribution in [0.5, 0.6) is 0 Å². The van der Waals surface area contributed by atoms with Crippen LogP contribution in [0.1, 0.15) is 6.92 Å². The molecule has 1 saturated heterocycles. The van der Waals surface area contributed by atoms with Crippen LogP contribution in [0.2, 0.25) is 0 Å². The Kier molecular flexibility index (Phi) is 2.83. The van der Waals surface area contributed by atoms with E-state index in [1.165, 1.54) is 6.08 Å². The molecule has 13 heavy (non-hydrogen) atoms. The van der Waals surface area contributed by atoms with Gasteiger partial charge in [-0.2, -0.15) is 0 Å². The highest BCUT2D eigenvalue weighted by Gasteiger charge is 2.40. The highest BCUT2D eigenvalue weighted by molar-refractivity contribution is 5.21. The predicted octanol–water partition coefficient (Wildman–Crippen LogP) is 2.60. The van der Waals surface area contributed by atoms with E-state index in [1.54, 1.807) is 19.1 Å². The maximum absolute atomic E-state index is 12.3. The second-order valence-corrected chi connectivity index (χ2v) is 2.60. The van der Waals surface area contributed by atoms with E-state index in [-0.39, 0.29) is 12.4 Å². The van der Waals surface area contributed by atoms with Gasteiger partial charge in [0.05, 0.1) is 0 Å². The molecule has 1 aliphatic heterocycles. The highest BCUT2D eigenvalue weighted by atomic mass is 19.3. The molecular formula is C9H10F2O2. The summed E-state index contributed by atoms with van der Waals surface area (Å²) in [4.78, 5) is 0. The lowest BCUT2D eigenvalue weighted by molar-refractivity contribution is -0.334. The number of hydrogen-bond donors (Lipinski definition) is 0. The van der Waals surface area contributed by atoms with Gasteiger partial charge in [-0.3, -0.25) is 4.74 Å². The van der Waals surface area contributed by atoms with Crippen molar-refractivity contribution in [1.82, 2.24) is 0 Å². The summed E-state index contributed by atoms with van der Waals surface area (Å²) in [6, 6.07) is 0. The molecule has 4 heteroatoms. The molecule has 0 aliphatic carbocycles. The summed E-state index contributed by atoms with van der Waals surface area (Å²) < 4.78 is 32.8. The van der Waals surface area contributed by atoms with Gasteiger partial charge in [-0.05, 0) is 13.0 Å². The second kappa shape index (κ2) is 3.70. The van der Waals surface area contributed by atoms with Gasteiger partial charge in [0.1, 0.15) is 12.4 Å². The van der Waals surface area contributed by atoms with E-state index in [0.29, 0.717) is 0 Å². The van der Waals surface area contributed by atoms with Crippen molar-refractivity contribution in [3.63, 3.8) is 0 Å². The Morgan fingerprint density at radius 2 is 2.31 bits per heavy atom. The first-order chi connectivity index (χ1) is 6.03. The van der Waals surface area contributed by atoms with Crippen molar-refractivity contribution in [2.75, 3.05) is 6.61 Å². The third kappa shape index (κ3) is 2.99. The highest BCUT2D eigenvalue weighted by Crippen LogP contribution is 2.28. The largest absolute Gasteiger partial charge is 0.535 e. The van der Waals surface area contributed by atoms with E-state index in [2.05, 4.69) is 16.1 Å². The lowest BCUT2D eigenvalue weighted by Gasteiger charge is -2.03. The van der Waals surface area contributed by atoms with Crippen molar-refractivity contribution in [3.8, 4) is 0 Å². The van der Waals surface area contributed by atoms with Crippen molar-refractivity contribution < 1.29 is 18.3 Å². The summed E-state index contributed by atoms with van der Waals surface area (Å²) in [6.07, 6.45) is 1.22. The molecule has 0 atom stereocenters. The standard InChI is InChI=1S/C9H10F2O2/c1-3-7(2)4-5-8-6-12-9(10,11)13-8/h3-5H,1,6H2,2H3/b7-4-,8-5+. The van der Waals surface area contributed by atoms with Crippen LogP contribution in [0.4, 0.5) is 8.78 Å². The number of rotatable bonds is 2. The van der Waals surface area contributed by atoms with Gasteiger partial charge in [-0.25, -0.2) is 0 Å². The van der Waals surface area contributed by atoms with Crippen molar-refractivity contribution in [1.29, 1.82) is 0 Å². The average Bonchev–Trinajstić information content (AvgIpc) is 2.41. The number of hydrogen-bond acceptors (Lipinski definition) is 2. The molecule has 0 aromatic heterocycles. The lowest BCUT2D eigenvalue weighted by atomic mass is 10.2. The maximum atomic E-state index is 12.3. The van der Waals surface area contributed by atoms with Gasteiger partial charge < -0.3 is 4.74 Å². The Morgan fingerprint density at radius 1 is 1.62 bits per heavy atom. The molecule has 1 fully saturated rings. The molecular weight excluding hydrogens is 178 g/mol. The topological polar surface area (TPSA) is 18.5 Å². The third-order valence-electron chi connectivity index (χ3n) is 1.49. The van der Waals surface area contributed by atoms with E-state index >= 15 is 0 Å². The molecule has 0 spiro atoms. The monoisotopic (exact) mass is 188 g/mol. The second-order valence-electron chi connectivity index (χ2n) is 2.60. The van der Waals surface area contributed by atoms with Gasteiger partial charge in [0, 0.05) is 0 Å². The minimum Gasteiger partial charge on any atom is -0.411 e. The minimum atomic E-state index is -3.47. The van der Waals surface area contributed by atoms with Crippen LogP contribution in [0.15, 0.2) is 36.1 Å². The zero-order valence-electron chi connectivity index (χ0n) is 7.22. The van der Waals surface area contributed by atoms with Crippen LogP contribution in [0.3, 0.4) is 0 Å². The Bertz CT molecular complexity index is 267. The quantitative estimate of drug-likeness (QED) is 0.620. The van der Waals surface area contributed by atoms with E-state index in [9.17, 15) is 8.78 Å². The van der Waals surface area contributed by atoms with Crippen molar-refractivity contribution in [2.45, 2.75) is 13.2 Å².